The summed E-state index contributed by atoms with van der Waals surface area (Å²) in [4.78, 5) is 16.2. The van der Waals surface area contributed by atoms with Crippen molar-refractivity contribution in [3.8, 4) is 0 Å². The second-order valence-corrected chi connectivity index (χ2v) is 5.56. The molecule has 20 heavy (non-hydrogen) atoms. The zero-order chi connectivity index (χ0) is 13.1. The first kappa shape index (κ1) is 19.6. The van der Waals surface area contributed by atoms with Crippen LogP contribution in [0.1, 0.15) is 25.0 Å². The summed E-state index contributed by atoms with van der Waals surface area (Å²) in [5.74, 6) is 0.211. The van der Waals surface area contributed by atoms with E-state index in [-0.39, 0.29) is 42.7 Å². The molecule has 1 fully saturated rings. The lowest BCUT2D eigenvalue weighted by atomic mass is 10.1. The molecule has 3 N–H and O–H groups in total. The number of nitrogens with two attached hydrogens (primary N) is 1. The van der Waals surface area contributed by atoms with Crippen LogP contribution >= 0.6 is 36.6 Å². The van der Waals surface area contributed by atoms with E-state index in [2.05, 4.69) is 10.3 Å². The minimum Gasteiger partial charge on any atom is -0.350 e. The number of amides is 1. The van der Waals surface area contributed by atoms with E-state index < -0.39 is 0 Å². The Morgan fingerprint density at radius 1 is 1.55 bits per heavy atom. The number of rotatable bonds is 4. The van der Waals surface area contributed by atoms with Crippen LogP contribution in [-0.2, 0) is 18.4 Å². The summed E-state index contributed by atoms with van der Waals surface area (Å²) in [5, 5.41) is 3.94. The van der Waals surface area contributed by atoms with Crippen LogP contribution in [-0.4, -0.2) is 27.8 Å². The molecule has 0 aromatic carbocycles. The number of hydrogen-bond donors (Lipinski definition) is 2. The summed E-state index contributed by atoms with van der Waals surface area (Å²) < 4.78 is 2.01. The van der Waals surface area contributed by atoms with Gasteiger partial charge in [-0.05, 0) is 25.5 Å². The Bertz CT molecular complexity index is 441. The molecule has 1 aromatic rings. The summed E-state index contributed by atoms with van der Waals surface area (Å²) >= 11 is 1.60. The Balaban J connectivity index is 0.00000180. The van der Waals surface area contributed by atoms with Crippen LogP contribution in [0.3, 0.4) is 0 Å². The Morgan fingerprint density at radius 2 is 2.25 bits per heavy atom. The number of carbonyl (C=O) groups excluding carboxylic acids is 1. The first-order valence-electron chi connectivity index (χ1n) is 6.19. The number of hydrogen-bond acceptors (Lipinski definition) is 4. The Kier molecular flexibility index (Phi) is 8.58. The van der Waals surface area contributed by atoms with E-state index in [4.69, 9.17) is 5.73 Å². The fraction of sp³-hybridized carbons (Fsp3) is 0.667. The highest BCUT2D eigenvalue weighted by Crippen LogP contribution is 2.24. The standard InChI is InChI=1S/C12H20N4OS.2ClH/c1-16-10(7-15-12(16)18-2)6-14-11(17)8-3-4-9(13)5-8;;/h7-9H,3-6,13H2,1-2H3,(H,14,17);2*1H/t8-,9+;;/m0../s1. The summed E-state index contributed by atoms with van der Waals surface area (Å²) in [6.45, 7) is 0.536. The molecule has 5 nitrogen and oxygen atoms in total. The molecule has 0 bridgehead atoms. The highest BCUT2D eigenvalue weighted by atomic mass is 35.5. The van der Waals surface area contributed by atoms with Crippen LogP contribution in [0.15, 0.2) is 11.4 Å². The average molecular weight is 341 g/mol. The van der Waals surface area contributed by atoms with Gasteiger partial charge in [0.2, 0.25) is 5.91 Å². The lowest BCUT2D eigenvalue weighted by molar-refractivity contribution is -0.125. The van der Waals surface area contributed by atoms with Crippen molar-refractivity contribution >= 4 is 42.5 Å². The minimum absolute atomic E-state index is 0. The van der Waals surface area contributed by atoms with Crippen molar-refractivity contribution in [3.05, 3.63) is 11.9 Å². The van der Waals surface area contributed by atoms with Crippen LogP contribution in [0, 0.1) is 5.92 Å². The fourth-order valence-corrected chi connectivity index (χ4v) is 2.91. The normalized spacial score (nSPS) is 20.9. The highest BCUT2D eigenvalue weighted by Gasteiger charge is 2.27. The molecule has 2 rings (SSSR count). The minimum atomic E-state index is 0. The van der Waals surface area contributed by atoms with Crippen molar-refractivity contribution in [2.24, 2.45) is 18.7 Å². The van der Waals surface area contributed by atoms with Crippen molar-refractivity contribution in [2.75, 3.05) is 6.26 Å². The molecule has 2 atom stereocenters. The quantitative estimate of drug-likeness (QED) is 0.818. The van der Waals surface area contributed by atoms with E-state index in [1.54, 1.807) is 11.8 Å². The summed E-state index contributed by atoms with van der Waals surface area (Å²) in [6.07, 6.45) is 6.49. The van der Waals surface area contributed by atoms with Crippen LogP contribution in [0.5, 0.6) is 0 Å². The van der Waals surface area contributed by atoms with Crippen molar-refractivity contribution in [3.63, 3.8) is 0 Å². The number of imidazole rings is 1. The molecule has 0 unspecified atom stereocenters. The maximum absolute atomic E-state index is 12.0. The van der Waals surface area contributed by atoms with Crippen LogP contribution < -0.4 is 11.1 Å². The smallest absolute Gasteiger partial charge is 0.223 e. The molecule has 0 radical (unpaired) electrons. The molecular formula is C12H22Cl2N4OS. The molecule has 116 valence electrons. The molecule has 1 aliphatic rings. The number of nitrogens with one attached hydrogen (secondary N) is 1. The maximum atomic E-state index is 12.0. The van der Waals surface area contributed by atoms with E-state index in [0.29, 0.717) is 6.54 Å². The number of carbonyl (C=O) groups is 1. The van der Waals surface area contributed by atoms with E-state index >= 15 is 0 Å². The molecule has 0 aliphatic heterocycles. The van der Waals surface area contributed by atoms with Gasteiger partial charge in [0.25, 0.3) is 0 Å². The monoisotopic (exact) mass is 340 g/mol. The van der Waals surface area contributed by atoms with E-state index in [9.17, 15) is 4.79 Å². The maximum Gasteiger partial charge on any atom is 0.223 e. The lowest BCUT2D eigenvalue weighted by Crippen LogP contribution is -2.30. The van der Waals surface area contributed by atoms with Crippen molar-refractivity contribution in [1.82, 2.24) is 14.9 Å². The topological polar surface area (TPSA) is 72.9 Å². The van der Waals surface area contributed by atoms with Gasteiger partial charge in [-0.2, -0.15) is 0 Å². The predicted molar refractivity (Wildman–Crippen MR) is 86.6 cm³/mol. The van der Waals surface area contributed by atoms with Gasteiger partial charge in [0, 0.05) is 19.0 Å². The third-order valence-electron chi connectivity index (χ3n) is 3.51. The van der Waals surface area contributed by atoms with Gasteiger partial charge in [0.1, 0.15) is 0 Å². The largest absolute Gasteiger partial charge is 0.350 e. The van der Waals surface area contributed by atoms with Gasteiger partial charge in [-0.25, -0.2) is 4.98 Å². The molecule has 1 aliphatic carbocycles. The van der Waals surface area contributed by atoms with E-state index in [1.807, 2.05) is 24.1 Å². The second kappa shape index (κ2) is 8.77. The zero-order valence-corrected chi connectivity index (χ0v) is 14.1. The second-order valence-electron chi connectivity index (χ2n) is 4.78. The number of halogens is 2. The number of thioether (sulfide) groups is 1. The molecule has 8 heteroatoms. The highest BCUT2D eigenvalue weighted by molar-refractivity contribution is 7.98. The number of nitrogens with zero attached hydrogens (tertiary/aromatic N) is 2. The van der Waals surface area contributed by atoms with Gasteiger partial charge in [0.15, 0.2) is 5.16 Å². The SMILES string of the molecule is CSc1ncc(CNC(=O)[C@H]2CC[C@@H](N)C2)n1C.Cl.Cl. The van der Waals surface area contributed by atoms with Gasteiger partial charge >= 0.3 is 0 Å². The van der Waals surface area contributed by atoms with Gasteiger partial charge < -0.3 is 15.6 Å². The molecule has 1 aromatic heterocycles. The van der Waals surface area contributed by atoms with Gasteiger partial charge in [-0.3, -0.25) is 4.79 Å². The third-order valence-corrected chi connectivity index (χ3v) is 4.26. The fourth-order valence-electron chi connectivity index (χ4n) is 2.36. The van der Waals surface area contributed by atoms with Crippen LogP contribution in [0.25, 0.3) is 0 Å². The summed E-state index contributed by atoms with van der Waals surface area (Å²) in [5.41, 5.74) is 6.84. The number of aromatic nitrogens is 2. The van der Waals surface area contributed by atoms with Crippen LogP contribution in [0.4, 0.5) is 0 Å². The zero-order valence-electron chi connectivity index (χ0n) is 11.7. The molecule has 1 saturated carbocycles. The average Bonchev–Trinajstić information content (AvgIpc) is 2.93. The van der Waals surface area contributed by atoms with Gasteiger partial charge in [-0.1, -0.05) is 11.8 Å². The predicted octanol–water partition coefficient (Wildman–Crippen LogP) is 1.73. The summed E-state index contributed by atoms with van der Waals surface area (Å²) in [7, 11) is 1.96. The Labute approximate surface area is 136 Å². The Morgan fingerprint density at radius 3 is 2.75 bits per heavy atom. The van der Waals surface area contributed by atoms with Crippen molar-refractivity contribution in [2.45, 2.75) is 37.0 Å². The molecular weight excluding hydrogens is 319 g/mol. The Hall–Kier alpha value is -0.430. The van der Waals surface area contributed by atoms with Gasteiger partial charge in [0.05, 0.1) is 18.4 Å². The molecule has 0 spiro atoms. The van der Waals surface area contributed by atoms with Crippen molar-refractivity contribution < 1.29 is 4.79 Å². The third kappa shape index (κ3) is 4.55. The molecule has 1 amide bonds. The van der Waals surface area contributed by atoms with E-state index in [1.165, 1.54) is 0 Å². The first-order valence-corrected chi connectivity index (χ1v) is 7.42. The van der Waals surface area contributed by atoms with Crippen LogP contribution in [0.2, 0.25) is 0 Å². The molecule has 0 saturated heterocycles. The van der Waals surface area contributed by atoms with E-state index in [0.717, 1.165) is 30.1 Å². The molecule has 1 heterocycles. The first-order chi connectivity index (χ1) is 8.61. The lowest BCUT2D eigenvalue weighted by Gasteiger charge is -2.11. The van der Waals surface area contributed by atoms with Gasteiger partial charge in [-0.15, -0.1) is 24.8 Å². The summed E-state index contributed by atoms with van der Waals surface area (Å²) in [6, 6.07) is 0.195. The van der Waals surface area contributed by atoms with Crippen molar-refractivity contribution in [1.29, 1.82) is 0 Å².